The molecule has 1 saturated heterocycles. The van der Waals surface area contributed by atoms with Crippen LogP contribution < -0.4 is 5.32 Å². The van der Waals surface area contributed by atoms with Crippen LogP contribution in [0.25, 0.3) is 11.3 Å². The standard InChI is InChI=1S/C25H28FN3O2/c26-22-11-5-4-10-21(22)23-17-28-25(31-23)13-12-24(30)27-16-19-8-2-3-9-20(19)18-29-14-6-1-7-15-29/h2-5,8-11,17H,1,6-7,12-16,18H2,(H,27,30). The van der Waals surface area contributed by atoms with Crippen LogP contribution in [-0.4, -0.2) is 28.9 Å². The molecule has 4 rings (SSSR count). The quantitative estimate of drug-likeness (QED) is 0.572. The van der Waals surface area contributed by atoms with Crippen molar-refractivity contribution < 1.29 is 13.6 Å². The number of nitrogens with zero attached hydrogens (tertiary/aromatic N) is 2. The van der Waals surface area contributed by atoms with Crippen LogP contribution in [-0.2, 0) is 24.3 Å². The van der Waals surface area contributed by atoms with E-state index in [9.17, 15) is 9.18 Å². The number of piperidine rings is 1. The van der Waals surface area contributed by atoms with Crippen LogP contribution in [0, 0.1) is 5.82 Å². The second kappa shape index (κ2) is 10.4. The van der Waals surface area contributed by atoms with Crippen LogP contribution in [0.5, 0.6) is 0 Å². The number of rotatable bonds is 8. The molecule has 0 unspecified atom stereocenters. The molecule has 2 heterocycles. The number of hydrogen-bond donors (Lipinski definition) is 1. The van der Waals surface area contributed by atoms with Crippen LogP contribution in [0.1, 0.15) is 42.7 Å². The van der Waals surface area contributed by atoms with Crippen molar-refractivity contribution in [3.8, 4) is 11.3 Å². The SMILES string of the molecule is O=C(CCc1ncc(-c2ccccc2F)o1)NCc1ccccc1CN1CCCCC1. The van der Waals surface area contributed by atoms with E-state index in [-0.39, 0.29) is 18.1 Å². The minimum atomic E-state index is -0.355. The van der Waals surface area contributed by atoms with Crippen molar-refractivity contribution in [2.24, 2.45) is 0 Å². The highest BCUT2D eigenvalue weighted by atomic mass is 19.1. The van der Waals surface area contributed by atoms with Gasteiger partial charge < -0.3 is 9.73 Å². The van der Waals surface area contributed by atoms with E-state index in [1.807, 2.05) is 6.07 Å². The van der Waals surface area contributed by atoms with Crippen molar-refractivity contribution in [3.63, 3.8) is 0 Å². The molecular formula is C25H28FN3O2. The number of carbonyl (C=O) groups excluding carboxylic acids is 1. The molecule has 0 spiro atoms. The highest BCUT2D eigenvalue weighted by molar-refractivity contribution is 5.76. The van der Waals surface area contributed by atoms with Gasteiger partial charge in [-0.15, -0.1) is 0 Å². The summed E-state index contributed by atoms with van der Waals surface area (Å²) in [5.74, 6) is 0.392. The average molecular weight is 422 g/mol. The molecule has 1 N–H and O–H groups in total. The van der Waals surface area contributed by atoms with E-state index in [1.165, 1.54) is 37.1 Å². The molecule has 0 radical (unpaired) electrons. The van der Waals surface area contributed by atoms with Crippen LogP contribution in [0.3, 0.4) is 0 Å². The van der Waals surface area contributed by atoms with Crippen molar-refractivity contribution in [3.05, 3.63) is 77.6 Å². The number of aromatic nitrogens is 1. The largest absolute Gasteiger partial charge is 0.441 e. The van der Waals surface area contributed by atoms with Gasteiger partial charge in [-0.1, -0.05) is 42.8 Å². The van der Waals surface area contributed by atoms with E-state index in [1.54, 1.807) is 18.2 Å². The molecule has 1 amide bonds. The lowest BCUT2D eigenvalue weighted by Gasteiger charge is -2.27. The van der Waals surface area contributed by atoms with Crippen molar-refractivity contribution in [2.75, 3.05) is 13.1 Å². The smallest absolute Gasteiger partial charge is 0.220 e. The minimum absolute atomic E-state index is 0.0570. The molecule has 0 bridgehead atoms. The second-order valence-corrected chi connectivity index (χ2v) is 7.98. The molecule has 1 aliphatic rings. The van der Waals surface area contributed by atoms with Crippen molar-refractivity contribution in [1.29, 1.82) is 0 Å². The third-order valence-corrected chi connectivity index (χ3v) is 5.70. The Morgan fingerprint density at radius 1 is 1.03 bits per heavy atom. The van der Waals surface area contributed by atoms with Gasteiger partial charge in [-0.3, -0.25) is 9.69 Å². The van der Waals surface area contributed by atoms with E-state index >= 15 is 0 Å². The van der Waals surface area contributed by atoms with Crippen LogP contribution in [0.4, 0.5) is 4.39 Å². The molecule has 3 aromatic rings. The molecule has 2 aromatic carbocycles. The third-order valence-electron chi connectivity index (χ3n) is 5.70. The Morgan fingerprint density at radius 2 is 1.77 bits per heavy atom. The summed E-state index contributed by atoms with van der Waals surface area (Å²) in [6.07, 6.45) is 5.99. The van der Waals surface area contributed by atoms with Gasteiger partial charge in [0.25, 0.3) is 0 Å². The number of hydrogen-bond acceptors (Lipinski definition) is 4. The third kappa shape index (κ3) is 5.79. The molecule has 0 saturated carbocycles. The molecule has 0 atom stereocenters. The van der Waals surface area contributed by atoms with E-state index in [0.29, 0.717) is 30.2 Å². The monoisotopic (exact) mass is 421 g/mol. The molecule has 0 aliphatic carbocycles. The average Bonchev–Trinajstić information content (AvgIpc) is 3.27. The van der Waals surface area contributed by atoms with Crippen LogP contribution >= 0.6 is 0 Å². The number of nitrogens with one attached hydrogen (secondary N) is 1. The highest BCUT2D eigenvalue weighted by Gasteiger charge is 2.14. The normalized spacial score (nSPS) is 14.5. The van der Waals surface area contributed by atoms with Crippen molar-refractivity contribution in [2.45, 2.75) is 45.2 Å². The lowest BCUT2D eigenvalue weighted by atomic mass is 10.0. The molecule has 6 heteroatoms. The van der Waals surface area contributed by atoms with Gasteiger partial charge in [0.2, 0.25) is 5.91 Å². The maximum Gasteiger partial charge on any atom is 0.220 e. The number of halogens is 1. The first-order valence-corrected chi connectivity index (χ1v) is 10.9. The number of likely N-dealkylation sites (tertiary alicyclic amines) is 1. The molecule has 1 aromatic heterocycles. The number of oxazole rings is 1. The minimum Gasteiger partial charge on any atom is -0.441 e. The summed E-state index contributed by atoms with van der Waals surface area (Å²) in [7, 11) is 0. The van der Waals surface area contributed by atoms with Gasteiger partial charge in [0, 0.05) is 25.9 Å². The van der Waals surface area contributed by atoms with Gasteiger partial charge in [0.1, 0.15) is 5.82 Å². The van der Waals surface area contributed by atoms with Gasteiger partial charge in [0.05, 0.1) is 11.8 Å². The van der Waals surface area contributed by atoms with E-state index in [2.05, 4.69) is 33.4 Å². The predicted molar refractivity (Wildman–Crippen MR) is 118 cm³/mol. The summed E-state index contributed by atoms with van der Waals surface area (Å²) in [5.41, 5.74) is 2.79. The number of aryl methyl sites for hydroxylation is 1. The fourth-order valence-corrected chi connectivity index (χ4v) is 3.96. The zero-order valence-electron chi connectivity index (χ0n) is 17.6. The number of amides is 1. The van der Waals surface area contributed by atoms with Gasteiger partial charge >= 0.3 is 0 Å². The van der Waals surface area contributed by atoms with Gasteiger partial charge in [0.15, 0.2) is 11.7 Å². The van der Waals surface area contributed by atoms with Crippen LogP contribution in [0.2, 0.25) is 0 Å². The molecule has 1 fully saturated rings. The summed E-state index contributed by atoms with van der Waals surface area (Å²) >= 11 is 0. The zero-order valence-corrected chi connectivity index (χ0v) is 17.6. The Bertz CT molecular complexity index is 1010. The summed E-state index contributed by atoms with van der Waals surface area (Å²) in [6, 6.07) is 14.7. The molecule has 162 valence electrons. The first-order chi connectivity index (χ1) is 15.2. The van der Waals surface area contributed by atoms with E-state index in [4.69, 9.17) is 4.42 Å². The van der Waals surface area contributed by atoms with E-state index < -0.39 is 0 Å². The fraction of sp³-hybridized carbons (Fsp3) is 0.360. The summed E-state index contributed by atoms with van der Waals surface area (Å²) in [6.45, 7) is 3.73. The molecular weight excluding hydrogens is 393 g/mol. The second-order valence-electron chi connectivity index (χ2n) is 7.98. The first-order valence-electron chi connectivity index (χ1n) is 10.9. The Kier molecular flexibility index (Phi) is 7.10. The lowest BCUT2D eigenvalue weighted by molar-refractivity contribution is -0.121. The highest BCUT2D eigenvalue weighted by Crippen LogP contribution is 2.23. The molecule has 5 nitrogen and oxygen atoms in total. The summed E-state index contributed by atoms with van der Waals surface area (Å²) in [4.78, 5) is 19.0. The predicted octanol–water partition coefficient (Wildman–Crippen LogP) is 4.72. The van der Waals surface area contributed by atoms with Crippen molar-refractivity contribution in [1.82, 2.24) is 15.2 Å². The van der Waals surface area contributed by atoms with Gasteiger partial charge in [-0.25, -0.2) is 9.37 Å². The maximum atomic E-state index is 13.9. The maximum absolute atomic E-state index is 13.9. The van der Waals surface area contributed by atoms with Crippen molar-refractivity contribution >= 4 is 5.91 Å². The lowest BCUT2D eigenvalue weighted by Crippen LogP contribution is -2.30. The Hall–Kier alpha value is -2.99. The zero-order chi connectivity index (χ0) is 21.5. The summed E-state index contributed by atoms with van der Waals surface area (Å²) < 4.78 is 19.5. The fourth-order valence-electron chi connectivity index (χ4n) is 3.96. The molecule has 1 aliphatic heterocycles. The number of benzene rings is 2. The van der Waals surface area contributed by atoms with Gasteiger partial charge in [-0.2, -0.15) is 0 Å². The Balaban J connectivity index is 1.28. The van der Waals surface area contributed by atoms with Crippen LogP contribution in [0.15, 0.2) is 59.1 Å². The van der Waals surface area contributed by atoms with E-state index in [0.717, 1.165) is 25.2 Å². The Morgan fingerprint density at radius 3 is 2.58 bits per heavy atom. The topological polar surface area (TPSA) is 58.4 Å². The Labute approximate surface area is 182 Å². The number of carbonyl (C=O) groups is 1. The molecule has 31 heavy (non-hydrogen) atoms. The van der Waals surface area contributed by atoms with Gasteiger partial charge in [-0.05, 0) is 49.2 Å². The first kappa shape index (κ1) is 21.2. The summed E-state index contributed by atoms with van der Waals surface area (Å²) in [5, 5.41) is 3.01.